The second kappa shape index (κ2) is 8.22. The zero-order chi connectivity index (χ0) is 18.4. The largest absolute Gasteiger partial charge is 0.394 e. The standard InChI is InChI=1S/C18H22N2O4S/c1-3-16(13-21)20(12-15-8-4-5-10-19-15)18(22)14-7-6-9-17(11-14)25(2,23)24/h4-11,16,21H,3,12-13H2,1-2H3. The van der Waals surface area contributed by atoms with Crippen LogP contribution >= 0.6 is 0 Å². The smallest absolute Gasteiger partial charge is 0.254 e. The molecule has 7 heteroatoms. The lowest BCUT2D eigenvalue weighted by Crippen LogP contribution is -2.41. The Morgan fingerprint density at radius 2 is 2.00 bits per heavy atom. The van der Waals surface area contributed by atoms with Gasteiger partial charge >= 0.3 is 0 Å². The van der Waals surface area contributed by atoms with Gasteiger partial charge in [-0.25, -0.2) is 8.42 Å². The average molecular weight is 362 g/mol. The third-order valence-corrected chi connectivity index (χ3v) is 5.06. The molecule has 2 aromatic rings. The molecule has 0 fully saturated rings. The van der Waals surface area contributed by atoms with E-state index in [4.69, 9.17) is 0 Å². The number of aromatic nitrogens is 1. The molecule has 0 spiro atoms. The van der Waals surface area contributed by atoms with E-state index < -0.39 is 9.84 Å². The van der Waals surface area contributed by atoms with Crippen LogP contribution in [0.5, 0.6) is 0 Å². The maximum Gasteiger partial charge on any atom is 0.254 e. The third kappa shape index (κ3) is 4.87. The van der Waals surface area contributed by atoms with E-state index in [0.29, 0.717) is 12.1 Å². The van der Waals surface area contributed by atoms with Crippen molar-refractivity contribution in [1.29, 1.82) is 0 Å². The number of rotatable bonds is 7. The number of carbonyl (C=O) groups is 1. The van der Waals surface area contributed by atoms with Crippen LogP contribution in [0.3, 0.4) is 0 Å². The van der Waals surface area contributed by atoms with Crippen LogP contribution in [-0.4, -0.2) is 48.2 Å². The summed E-state index contributed by atoms with van der Waals surface area (Å²) in [5.74, 6) is -0.336. The van der Waals surface area contributed by atoms with Crippen LogP contribution in [0, 0.1) is 0 Å². The maximum absolute atomic E-state index is 13.0. The monoisotopic (exact) mass is 362 g/mol. The molecule has 1 atom stereocenters. The average Bonchev–Trinajstić information content (AvgIpc) is 2.61. The molecule has 0 radical (unpaired) electrons. The SMILES string of the molecule is CCC(CO)N(Cc1ccccn1)C(=O)c1cccc(S(C)(=O)=O)c1. The van der Waals surface area contributed by atoms with Crippen LogP contribution in [-0.2, 0) is 16.4 Å². The highest BCUT2D eigenvalue weighted by atomic mass is 32.2. The summed E-state index contributed by atoms with van der Waals surface area (Å²) in [6.45, 7) is 1.94. The number of hydrogen-bond donors (Lipinski definition) is 1. The predicted octanol–water partition coefficient (Wildman–Crippen LogP) is 1.90. The highest BCUT2D eigenvalue weighted by molar-refractivity contribution is 7.90. The van der Waals surface area contributed by atoms with E-state index >= 15 is 0 Å². The number of pyridine rings is 1. The fourth-order valence-electron chi connectivity index (χ4n) is 2.51. The second-order valence-corrected chi connectivity index (χ2v) is 7.81. The zero-order valence-electron chi connectivity index (χ0n) is 14.3. The molecule has 0 aliphatic rings. The molecule has 1 unspecified atom stereocenters. The molecule has 1 heterocycles. The number of aliphatic hydroxyl groups excluding tert-OH is 1. The summed E-state index contributed by atoms with van der Waals surface area (Å²) in [5, 5.41) is 9.64. The van der Waals surface area contributed by atoms with Gasteiger partial charge in [-0.3, -0.25) is 9.78 Å². The lowest BCUT2D eigenvalue weighted by molar-refractivity contribution is 0.0560. The molecule has 0 aliphatic heterocycles. The van der Waals surface area contributed by atoms with Gasteiger partial charge in [-0.2, -0.15) is 0 Å². The van der Waals surface area contributed by atoms with Gasteiger partial charge in [0.1, 0.15) is 0 Å². The number of hydrogen-bond acceptors (Lipinski definition) is 5. The van der Waals surface area contributed by atoms with E-state index in [1.165, 1.54) is 17.0 Å². The van der Waals surface area contributed by atoms with Gasteiger partial charge in [0, 0.05) is 18.0 Å². The van der Waals surface area contributed by atoms with E-state index in [-0.39, 0.29) is 35.6 Å². The molecule has 1 aromatic carbocycles. The highest BCUT2D eigenvalue weighted by Crippen LogP contribution is 2.17. The Balaban J connectivity index is 2.38. The first-order valence-corrected chi connectivity index (χ1v) is 9.87. The maximum atomic E-state index is 13.0. The first kappa shape index (κ1) is 19.1. The van der Waals surface area contributed by atoms with Crippen molar-refractivity contribution < 1.29 is 18.3 Å². The fraction of sp³-hybridized carbons (Fsp3) is 0.333. The molecule has 0 saturated carbocycles. The van der Waals surface area contributed by atoms with Crippen LogP contribution in [0.4, 0.5) is 0 Å². The molecule has 134 valence electrons. The normalized spacial score (nSPS) is 12.6. The number of benzene rings is 1. The summed E-state index contributed by atoms with van der Waals surface area (Å²) in [7, 11) is -3.41. The summed E-state index contributed by atoms with van der Waals surface area (Å²) >= 11 is 0. The molecular formula is C18H22N2O4S. The molecular weight excluding hydrogens is 340 g/mol. The number of nitrogens with zero attached hydrogens (tertiary/aromatic N) is 2. The van der Waals surface area contributed by atoms with E-state index in [9.17, 15) is 18.3 Å². The van der Waals surface area contributed by atoms with Crippen LogP contribution < -0.4 is 0 Å². The number of amides is 1. The van der Waals surface area contributed by atoms with Gasteiger partial charge in [0.05, 0.1) is 29.8 Å². The molecule has 1 N–H and O–H groups in total. The van der Waals surface area contributed by atoms with E-state index in [0.717, 1.165) is 6.26 Å². The molecule has 1 aromatic heterocycles. The lowest BCUT2D eigenvalue weighted by atomic mass is 10.1. The summed E-state index contributed by atoms with van der Waals surface area (Å²) in [6, 6.07) is 11.0. The van der Waals surface area contributed by atoms with Gasteiger partial charge in [-0.05, 0) is 36.8 Å². The van der Waals surface area contributed by atoms with Crippen LogP contribution in [0.15, 0.2) is 53.6 Å². The summed E-state index contributed by atoms with van der Waals surface area (Å²) < 4.78 is 23.5. The molecule has 1 amide bonds. The molecule has 0 saturated heterocycles. The van der Waals surface area contributed by atoms with Crippen molar-refractivity contribution in [3.8, 4) is 0 Å². The molecule has 25 heavy (non-hydrogen) atoms. The van der Waals surface area contributed by atoms with Crippen LogP contribution in [0.25, 0.3) is 0 Å². The van der Waals surface area contributed by atoms with Gasteiger partial charge in [-0.15, -0.1) is 0 Å². The first-order chi connectivity index (χ1) is 11.9. The molecule has 6 nitrogen and oxygen atoms in total. The van der Waals surface area contributed by atoms with Gasteiger partial charge < -0.3 is 10.0 Å². The van der Waals surface area contributed by atoms with Crippen molar-refractivity contribution in [3.63, 3.8) is 0 Å². The van der Waals surface area contributed by atoms with Crippen molar-refractivity contribution in [1.82, 2.24) is 9.88 Å². The summed E-state index contributed by atoms with van der Waals surface area (Å²) in [6.07, 6.45) is 3.31. The van der Waals surface area contributed by atoms with Crippen molar-refractivity contribution in [2.75, 3.05) is 12.9 Å². The Kier molecular flexibility index (Phi) is 6.27. The minimum atomic E-state index is -3.41. The van der Waals surface area contributed by atoms with Crippen LogP contribution in [0.1, 0.15) is 29.4 Å². The Bertz CT molecular complexity index is 818. The molecule has 2 rings (SSSR count). The van der Waals surface area contributed by atoms with Crippen molar-refractivity contribution in [3.05, 3.63) is 59.9 Å². The minimum Gasteiger partial charge on any atom is -0.394 e. The quantitative estimate of drug-likeness (QED) is 0.813. The van der Waals surface area contributed by atoms with E-state index in [1.807, 2.05) is 13.0 Å². The van der Waals surface area contributed by atoms with E-state index in [1.54, 1.807) is 30.5 Å². The first-order valence-electron chi connectivity index (χ1n) is 7.98. The fourth-order valence-corrected chi connectivity index (χ4v) is 3.17. The Labute approximate surface area is 148 Å². The zero-order valence-corrected chi connectivity index (χ0v) is 15.1. The predicted molar refractivity (Wildman–Crippen MR) is 94.8 cm³/mol. The minimum absolute atomic E-state index is 0.0909. The number of carbonyl (C=O) groups excluding carboxylic acids is 1. The topological polar surface area (TPSA) is 87.6 Å². The van der Waals surface area contributed by atoms with Gasteiger partial charge in [0.25, 0.3) is 5.91 Å². The van der Waals surface area contributed by atoms with Gasteiger partial charge in [0.2, 0.25) is 0 Å². The van der Waals surface area contributed by atoms with Crippen molar-refractivity contribution in [2.45, 2.75) is 30.8 Å². The van der Waals surface area contributed by atoms with Gasteiger partial charge in [-0.1, -0.05) is 19.1 Å². The van der Waals surface area contributed by atoms with Gasteiger partial charge in [0.15, 0.2) is 9.84 Å². The second-order valence-electron chi connectivity index (χ2n) is 5.80. The number of aliphatic hydroxyl groups is 1. The van der Waals surface area contributed by atoms with Crippen molar-refractivity contribution in [2.24, 2.45) is 0 Å². The third-order valence-electron chi connectivity index (χ3n) is 3.95. The van der Waals surface area contributed by atoms with Crippen molar-refractivity contribution >= 4 is 15.7 Å². The van der Waals surface area contributed by atoms with Crippen LogP contribution in [0.2, 0.25) is 0 Å². The summed E-state index contributed by atoms with van der Waals surface area (Å²) in [4.78, 5) is 18.8. The van der Waals surface area contributed by atoms with E-state index in [2.05, 4.69) is 4.98 Å². The Hall–Kier alpha value is -2.25. The molecule has 0 bridgehead atoms. The Morgan fingerprint density at radius 3 is 2.56 bits per heavy atom. The highest BCUT2D eigenvalue weighted by Gasteiger charge is 2.24. The number of sulfone groups is 1. The lowest BCUT2D eigenvalue weighted by Gasteiger charge is -2.30. The molecule has 0 aliphatic carbocycles. The Morgan fingerprint density at radius 1 is 1.24 bits per heavy atom. The summed E-state index contributed by atoms with van der Waals surface area (Å²) in [5.41, 5.74) is 0.966.